The second kappa shape index (κ2) is 10.9. The first-order valence-corrected chi connectivity index (χ1v) is 12.1. The molecule has 2 aromatic rings. The Bertz CT molecular complexity index is 1020. The van der Waals surface area contributed by atoms with Gasteiger partial charge in [-0.3, -0.25) is 9.59 Å². The molecule has 2 saturated heterocycles. The molecule has 4 rings (SSSR count). The zero-order chi connectivity index (χ0) is 24.9. The number of morpholine rings is 1. The van der Waals surface area contributed by atoms with Crippen LogP contribution in [0.4, 0.5) is 4.79 Å². The van der Waals surface area contributed by atoms with Crippen molar-refractivity contribution in [3.05, 3.63) is 71.8 Å². The van der Waals surface area contributed by atoms with Gasteiger partial charge < -0.3 is 24.6 Å². The van der Waals surface area contributed by atoms with E-state index in [4.69, 9.17) is 9.47 Å². The zero-order valence-corrected chi connectivity index (χ0v) is 20.4. The predicted molar refractivity (Wildman–Crippen MR) is 131 cm³/mol. The minimum atomic E-state index is -0.899. The number of hydrogen-bond acceptors (Lipinski definition) is 5. The standard InChI is InChI=1S/C27H33N3O5/c1-18(2)28-25(31)24-21(19-10-6-4-7-11-19)22(26(32)34-3)23(20-12-8-5-9-13-20)30(24)27(33)29-14-16-35-17-15-29/h4-13,18,21-24H,14-17H2,1-3H3,(H,28,31). The number of amides is 3. The van der Waals surface area contributed by atoms with Crippen LogP contribution >= 0.6 is 0 Å². The lowest BCUT2D eigenvalue weighted by Gasteiger charge is -2.37. The SMILES string of the molecule is COC(=O)C1C(c2ccccc2)C(C(=O)NC(C)C)N(C(=O)N2CCOCC2)C1c1ccccc1. The van der Waals surface area contributed by atoms with Gasteiger partial charge >= 0.3 is 12.0 Å². The van der Waals surface area contributed by atoms with Gasteiger partial charge in [0.25, 0.3) is 0 Å². The summed E-state index contributed by atoms with van der Waals surface area (Å²) in [5.41, 5.74) is 1.59. The van der Waals surface area contributed by atoms with Crippen LogP contribution in [0.3, 0.4) is 0 Å². The second-order valence-corrected chi connectivity index (χ2v) is 9.24. The Labute approximate surface area is 206 Å². The van der Waals surface area contributed by atoms with Gasteiger partial charge in [0.15, 0.2) is 0 Å². The molecule has 2 heterocycles. The van der Waals surface area contributed by atoms with Gasteiger partial charge in [-0.25, -0.2) is 4.79 Å². The Morgan fingerprint density at radius 2 is 1.51 bits per heavy atom. The van der Waals surface area contributed by atoms with E-state index < -0.39 is 29.9 Å². The van der Waals surface area contributed by atoms with E-state index in [1.54, 1.807) is 9.80 Å². The van der Waals surface area contributed by atoms with E-state index in [9.17, 15) is 14.4 Å². The number of rotatable bonds is 5. The van der Waals surface area contributed by atoms with Crippen LogP contribution in [0.5, 0.6) is 0 Å². The predicted octanol–water partition coefficient (Wildman–Crippen LogP) is 2.96. The third kappa shape index (κ3) is 5.03. The number of ether oxygens (including phenoxy) is 2. The van der Waals surface area contributed by atoms with Crippen LogP contribution in [-0.2, 0) is 19.1 Å². The second-order valence-electron chi connectivity index (χ2n) is 9.24. The number of hydrogen-bond donors (Lipinski definition) is 1. The monoisotopic (exact) mass is 479 g/mol. The molecule has 35 heavy (non-hydrogen) atoms. The molecule has 0 saturated carbocycles. The molecule has 186 valence electrons. The molecule has 0 bridgehead atoms. The molecule has 0 radical (unpaired) electrons. The zero-order valence-electron chi connectivity index (χ0n) is 20.4. The molecule has 2 aromatic carbocycles. The molecule has 3 amide bonds. The third-order valence-electron chi connectivity index (χ3n) is 6.67. The van der Waals surface area contributed by atoms with Crippen molar-refractivity contribution >= 4 is 17.9 Å². The summed E-state index contributed by atoms with van der Waals surface area (Å²) in [6, 6.07) is 16.9. The average Bonchev–Trinajstić information content (AvgIpc) is 3.25. The maximum atomic E-state index is 14.1. The van der Waals surface area contributed by atoms with Gasteiger partial charge in [-0.1, -0.05) is 60.7 Å². The average molecular weight is 480 g/mol. The van der Waals surface area contributed by atoms with E-state index in [1.165, 1.54) is 7.11 Å². The van der Waals surface area contributed by atoms with E-state index in [0.717, 1.165) is 11.1 Å². The van der Waals surface area contributed by atoms with E-state index in [1.807, 2.05) is 74.5 Å². The number of carbonyl (C=O) groups is 3. The normalized spacial score (nSPS) is 24.3. The van der Waals surface area contributed by atoms with Crippen LogP contribution in [0, 0.1) is 5.92 Å². The number of nitrogens with one attached hydrogen (secondary N) is 1. The molecule has 1 N–H and O–H groups in total. The molecule has 8 heteroatoms. The molecule has 0 aliphatic carbocycles. The quantitative estimate of drug-likeness (QED) is 0.667. The van der Waals surface area contributed by atoms with Crippen molar-refractivity contribution in [2.75, 3.05) is 33.4 Å². The summed E-state index contributed by atoms with van der Waals surface area (Å²) in [5, 5.41) is 2.99. The van der Waals surface area contributed by atoms with Crippen LogP contribution in [0.15, 0.2) is 60.7 Å². The van der Waals surface area contributed by atoms with Crippen molar-refractivity contribution in [3.8, 4) is 0 Å². The first kappa shape index (κ1) is 24.7. The van der Waals surface area contributed by atoms with Gasteiger partial charge in [0, 0.05) is 25.0 Å². The van der Waals surface area contributed by atoms with Gasteiger partial charge in [0.1, 0.15) is 6.04 Å². The molecule has 8 nitrogen and oxygen atoms in total. The highest BCUT2D eigenvalue weighted by Gasteiger charge is 2.58. The fourth-order valence-corrected chi connectivity index (χ4v) is 5.22. The molecule has 2 aliphatic rings. The molecular weight excluding hydrogens is 446 g/mol. The van der Waals surface area contributed by atoms with E-state index >= 15 is 0 Å². The maximum absolute atomic E-state index is 14.1. The molecular formula is C27H33N3O5. The van der Waals surface area contributed by atoms with Crippen molar-refractivity contribution in [1.29, 1.82) is 0 Å². The van der Waals surface area contributed by atoms with Gasteiger partial charge in [-0.05, 0) is 25.0 Å². The van der Waals surface area contributed by atoms with E-state index in [-0.39, 0.29) is 18.0 Å². The molecule has 2 fully saturated rings. The summed E-state index contributed by atoms with van der Waals surface area (Å²) in [6.45, 7) is 5.47. The van der Waals surface area contributed by atoms with Gasteiger partial charge in [0.05, 0.1) is 32.3 Å². The van der Waals surface area contributed by atoms with Gasteiger partial charge in [-0.15, -0.1) is 0 Å². The van der Waals surface area contributed by atoms with Crippen molar-refractivity contribution in [3.63, 3.8) is 0 Å². The molecule has 4 atom stereocenters. The van der Waals surface area contributed by atoms with Crippen LogP contribution in [0.1, 0.15) is 36.9 Å². The van der Waals surface area contributed by atoms with E-state index in [0.29, 0.717) is 26.3 Å². The molecule has 0 spiro atoms. The van der Waals surface area contributed by atoms with E-state index in [2.05, 4.69) is 5.32 Å². The number of likely N-dealkylation sites (tertiary alicyclic amines) is 1. The summed E-state index contributed by atoms with van der Waals surface area (Å²) < 4.78 is 10.7. The minimum Gasteiger partial charge on any atom is -0.469 e. The van der Waals surface area contributed by atoms with Crippen molar-refractivity contribution in [2.45, 2.75) is 37.9 Å². The number of nitrogens with zero attached hydrogens (tertiary/aromatic N) is 2. The third-order valence-corrected chi connectivity index (χ3v) is 6.67. The van der Waals surface area contributed by atoms with Crippen molar-refractivity contribution in [1.82, 2.24) is 15.1 Å². The summed E-state index contributed by atoms with van der Waals surface area (Å²) in [4.78, 5) is 44.6. The Kier molecular flexibility index (Phi) is 7.70. The highest BCUT2D eigenvalue weighted by atomic mass is 16.5. The highest BCUT2D eigenvalue weighted by Crippen LogP contribution is 2.51. The first-order valence-electron chi connectivity index (χ1n) is 12.1. The Hall–Kier alpha value is -3.39. The number of methoxy groups -OCH3 is 1. The van der Waals surface area contributed by atoms with Crippen molar-refractivity contribution in [2.24, 2.45) is 5.92 Å². The lowest BCUT2D eigenvalue weighted by Crippen LogP contribution is -2.55. The van der Waals surface area contributed by atoms with Crippen LogP contribution in [0.2, 0.25) is 0 Å². The van der Waals surface area contributed by atoms with Crippen LogP contribution in [-0.4, -0.2) is 73.2 Å². The Balaban J connectivity index is 1.91. The summed E-state index contributed by atoms with van der Waals surface area (Å²) >= 11 is 0. The van der Waals surface area contributed by atoms with Gasteiger partial charge in [-0.2, -0.15) is 0 Å². The number of carbonyl (C=O) groups excluding carboxylic acids is 3. The fraction of sp³-hybridized carbons (Fsp3) is 0.444. The Morgan fingerprint density at radius 3 is 2.06 bits per heavy atom. The summed E-state index contributed by atoms with van der Waals surface area (Å²) in [5.74, 6) is -2.09. The molecule has 4 unspecified atom stereocenters. The topological polar surface area (TPSA) is 88.2 Å². The Morgan fingerprint density at radius 1 is 0.943 bits per heavy atom. The first-order chi connectivity index (χ1) is 16.9. The summed E-state index contributed by atoms with van der Waals surface area (Å²) in [7, 11) is 1.35. The van der Waals surface area contributed by atoms with Crippen LogP contribution in [0.25, 0.3) is 0 Å². The molecule has 0 aromatic heterocycles. The van der Waals surface area contributed by atoms with Crippen LogP contribution < -0.4 is 5.32 Å². The maximum Gasteiger partial charge on any atom is 0.321 e. The lowest BCUT2D eigenvalue weighted by atomic mass is 9.79. The summed E-state index contributed by atoms with van der Waals surface area (Å²) in [6.07, 6.45) is 0. The number of esters is 1. The smallest absolute Gasteiger partial charge is 0.321 e. The highest BCUT2D eigenvalue weighted by molar-refractivity contribution is 5.92. The lowest BCUT2D eigenvalue weighted by molar-refractivity contribution is -0.146. The van der Waals surface area contributed by atoms with Crippen molar-refractivity contribution < 1.29 is 23.9 Å². The largest absolute Gasteiger partial charge is 0.469 e. The molecule has 2 aliphatic heterocycles. The minimum absolute atomic E-state index is 0.133. The number of urea groups is 1. The van der Waals surface area contributed by atoms with Gasteiger partial charge in [0.2, 0.25) is 5.91 Å². The fourth-order valence-electron chi connectivity index (χ4n) is 5.22. The number of benzene rings is 2.